The fourth-order valence-corrected chi connectivity index (χ4v) is 5.07. The van der Waals surface area contributed by atoms with Gasteiger partial charge < -0.3 is 15.1 Å². The number of aromatic nitrogens is 2. The van der Waals surface area contributed by atoms with Gasteiger partial charge in [-0.25, -0.2) is 9.97 Å². The summed E-state index contributed by atoms with van der Waals surface area (Å²) in [7, 11) is 3.93. The van der Waals surface area contributed by atoms with Crippen molar-refractivity contribution in [2.75, 3.05) is 30.1 Å². The van der Waals surface area contributed by atoms with Crippen LogP contribution in [-0.4, -0.2) is 46.5 Å². The van der Waals surface area contributed by atoms with E-state index in [9.17, 15) is 9.59 Å². The van der Waals surface area contributed by atoms with Crippen molar-refractivity contribution < 1.29 is 9.59 Å². The van der Waals surface area contributed by atoms with E-state index in [2.05, 4.69) is 15.3 Å². The SMILES string of the molecule is Cc1cc(C)nc(SCC(=O)N(Cc2ccccc2)C(C(=O)Nc2ccc(N(C)C)cc2)c2ccccc2)n1. The molecule has 0 bridgehead atoms. The first-order valence-electron chi connectivity index (χ1n) is 12.7. The molecule has 39 heavy (non-hydrogen) atoms. The minimum atomic E-state index is -0.840. The molecule has 3 aromatic carbocycles. The van der Waals surface area contributed by atoms with E-state index in [1.54, 1.807) is 4.90 Å². The second-order valence-electron chi connectivity index (χ2n) is 9.47. The summed E-state index contributed by atoms with van der Waals surface area (Å²) in [6.45, 7) is 4.09. The van der Waals surface area contributed by atoms with E-state index in [0.717, 1.165) is 28.2 Å². The molecule has 0 saturated carbocycles. The number of nitrogens with one attached hydrogen (secondary N) is 1. The van der Waals surface area contributed by atoms with Crippen LogP contribution in [0.5, 0.6) is 0 Å². The van der Waals surface area contributed by atoms with E-state index in [4.69, 9.17) is 0 Å². The zero-order chi connectivity index (χ0) is 27.8. The van der Waals surface area contributed by atoms with Crippen molar-refractivity contribution in [3.05, 3.63) is 114 Å². The molecule has 0 aliphatic carbocycles. The molecule has 1 unspecified atom stereocenters. The lowest BCUT2D eigenvalue weighted by Gasteiger charge is -2.31. The molecule has 4 rings (SSSR count). The summed E-state index contributed by atoms with van der Waals surface area (Å²) < 4.78 is 0. The van der Waals surface area contributed by atoms with Crippen LogP contribution in [0.15, 0.2) is 96.2 Å². The Morgan fingerprint density at radius 1 is 0.846 bits per heavy atom. The topological polar surface area (TPSA) is 78.4 Å². The fourth-order valence-electron chi connectivity index (χ4n) is 4.23. The molecule has 0 aliphatic rings. The molecule has 0 radical (unpaired) electrons. The number of carbonyl (C=O) groups is 2. The number of hydrogen-bond acceptors (Lipinski definition) is 6. The lowest BCUT2D eigenvalue weighted by Crippen LogP contribution is -2.41. The summed E-state index contributed by atoms with van der Waals surface area (Å²) in [6.07, 6.45) is 0. The zero-order valence-corrected chi connectivity index (χ0v) is 23.5. The molecule has 2 amide bonds. The van der Waals surface area contributed by atoms with Gasteiger partial charge in [0.15, 0.2) is 5.16 Å². The first-order valence-corrected chi connectivity index (χ1v) is 13.7. The van der Waals surface area contributed by atoms with Gasteiger partial charge in [0.25, 0.3) is 5.91 Å². The lowest BCUT2D eigenvalue weighted by atomic mass is 10.0. The molecule has 1 heterocycles. The van der Waals surface area contributed by atoms with Gasteiger partial charge in [-0.2, -0.15) is 0 Å². The van der Waals surface area contributed by atoms with Crippen LogP contribution in [0.2, 0.25) is 0 Å². The summed E-state index contributed by atoms with van der Waals surface area (Å²) in [6, 6.07) is 27.8. The van der Waals surface area contributed by atoms with Gasteiger partial charge in [-0.3, -0.25) is 9.59 Å². The van der Waals surface area contributed by atoms with Crippen molar-refractivity contribution in [3.8, 4) is 0 Å². The maximum absolute atomic E-state index is 13.9. The first-order chi connectivity index (χ1) is 18.8. The Hall–Kier alpha value is -4.17. The van der Waals surface area contributed by atoms with E-state index in [0.29, 0.717) is 10.8 Å². The second-order valence-corrected chi connectivity index (χ2v) is 10.4. The summed E-state index contributed by atoms with van der Waals surface area (Å²) in [4.78, 5) is 40.3. The average Bonchev–Trinajstić information content (AvgIpc) is 2.92. The van der Waals surface area contributed by atoms with Crippen LogP contribution < -0.4 is 10.2 Å². The Morgan fingerprint density at radius 3 is 2.03 bits per heavy atom. The number of thioether (sulfide) groups is 1. The Bertz CT molecular complexity index is 1380. The molecule has 8 heteroatoms. The van der Waals surface area contributed by atoms with Gasteiger partial charge in [0.05, 0.1) is 5.75 Å². The third kappa shape index (κ3) is 7.67. The summed E-state index contributed by atoms with van der Waals surface area (Å²) in [5, 5.41) is 3.58. The maximum Gasteiger partial charge on any atom is 0.251 e. The normalized spacial score (nSPS) is 11.5. The van der Waals surface area contributed by atoms with Gasteiger partial charge in [0.2, 0.25) is 5.91 Å². The predicted octanol–water partition coefficient (Wildman–Crippen LogP) is 5.66. The minimum absolute atomic E-state index is 0.101. The average molecular weight is 540 g/mol. The molecule has 7 nitrogen and oxygen atoms in total. The van der Waals surface area contributed by atoms with E-state index in [1.165, 1.54) is 11.8 Å². The van der Waals surface area contributed by atoms with Crippen molar-refractivity contribution in [3.63, 3.8) is 0 Å². The van der Waals surface area contributed by atoms with Crippen molar-refractivity contribution >= 4 is 35.0 Å². The molecular formula is C31H33N5O2S. The molecule has 200 valence electrons. The Labute approximate surface area is 234 Å². The van der Waals surface area contributed by atoms with Gasteiger partial charge in [-0.15, -0.1) is 0 Å². The molecular weight excluding hydrogens is 506 g/mol. The van der Waals surface area contributed by atoms with E-state index in [1.807, 2.05) is 124 Å². The van der Waals surface area contributed by atoms with Crippen LogP contribution in [0, 0.1) is 13.8 Å². The van der Waals surface area contributed by atoms with Crippen molar-refractivity contribution in [2.24, 2.45) is 0 Å². The van der Waals surface area contributed by atoms with Crippen molar-refractivity contribution in [1.82, 2.24) is 14.9 Å². The zero-order valence-electron chi connectivity index (χ0n) is 22.7. The molecule has 1 aromatic heterocycles. The molecule has 4 aromatic rings. The Balaban J connectivity index is 1.65. The highest BCUT2D eigenvalue weighted by atomic mass is 32.2. The summed E-state index contributed by atoms with van der Waals surface area (Å²) >= 11 is 1.28. The maximum atomic E-state index is 13.9. The predicted molar refractivity (Wildman–Crippen MR) is 158 cm³/mol. The van der Waals surface area contributed by atoms with Gasteiger partial charge in [-0.05, 0) is 55.3 Å². The molecule has 0 saturated heterocycles. The third-order valence-electron chi connectivity index (χ3n) is 6.13. The molecule has 0 aliphatic heterocycles. The van der Waals surface area contributed by atoms with Crippen LogP contribution in [-0.2, 0) is 16.1 Å². The fraction of sp³-hybridized carbons (Fsp3) is 0.226. The highest BCUT2D eigenvalue weighted by Gasteiger charge is 2.32. The van der Waals surface area contributed by atoms with E-state index < -0.39 is 6.04 Å². The van der Waals surface area contributed by atoms with Gasteiger partial charge >= 0.3 is 0 Å². The standard InChI is InChI=1S/C31H33N5O2S/c1-22-19-23(2)33-31(32-22)39-21-28(37)36(20-24-11-7-5-8-12-24)29(25-13-9-6-10-14-25)30(38)34-26-15-17-27(18-16-26)35(3)4/h5-19,29H,20-21H2,1-4H3,(H,34,38). The first kappa shape index (κ1) is 27.9. The number of rotatable bonds is 10. The molecule has 1 N–H and O–H groups in total. The number of aryl methyl sites for hydroxylation is 2. The second kappa shape index (κ2) is 13.1. The van der Waals surface area contributed by atoms with Gasteiger partial charge in [0, 0.05) is 43.4 Å². The smallest absolute Gasteiger partial charge is 0.251 e. The van der Waals surface area contributed by atoms with Gasteiger partial charge in [0.1, 0.15) is 6.04 Å². The van der Waals surface area contributed by atoms with Crippen LogP contribution in [0.4, 0.5) is 11.4 Å². The van der Waals surface area contributed by atoms with Crippen molar-refractivity contribution in [1.29, 1.82) is 0 Å². The number of carbonyl (C=O) groups excluding carboxylic acids is 2. The molecule has 0 fully saturated rings. The van der Waals surface area contributed by atoms with Crippen LogP contribution in [0.25, 0.3) is 0 Å². The number of benzene rings is 3. The van der Waals surface area contributed by atoms with Crippen LogP contribution in [0.3, 0.4) is 0 Å². The number of amides is 2. The summed E-state index contributed by atoms with van der Waals surface area (Å²) in [5.74, 6) is -0.363. The highest BCUT2D eigenvalue weighted by Crippen LogP contribution is 2.27. The van der Waals surface area contributed by atoms with Gasteiger partial charge in [-0.1, -0.05) is 72.4 Å². The van der Waals surface area contributed by atoms with Crippen LogP contribution in [0.1, 0.15) is 28.6 Å². The third-order valence-corrected chi connectivity index (χ3v) is 6.96. The van der Waals surface area contributed by atoms with E-state index in [-0.39, 0.29) is 24.1 Å². The largest absolute Gasteiger partial charge is 0.378 e. The van der Waals surface area contributed by atoms with E-state index >= 15 is 0 Å². The number of hydrogen-bond donors (Lipinski definition) is 1. The number of nitrogens with zero attached hydrogens (tertiary/aromatic N) is 4. The monoisotopic (exact) mass is 539 g/mol. The Morgan fingerprint density at radius 2 is 1.44 bits per heavy atom. The molecule has 0 spiro atoms. The quantitative estimate of drug-likeness (QED) is 0.207. The highest BCUT2D eigenvalue weighted by molar-refractivity contribution is 7.99. The minimum Gasteiger partial charge on any atom is -0.378 e. The van der Waals surface area contributed by atoms with Crippen molar-refractivity contribution in [2.45, 2.75) is 31.6 Å². The lowest BCUT2D eigenvalue weighted by molar-refractivity contribution is -0.137. The molecule has 1 atom stereocenters. The summed E-state index contributed by atoms with van der Waals surface area (Å²) in [5.41, 5.74) is 5.05. The number of anilines is 2. The Kier molecular flexibility index (Phi) is 9.33. The van der Waals surface area contributed by atoms with Crippen LogP contribution >= 0.6 is 11.8 Å².